The molecule has 0 saturated heterocycles. The molecule has 2 heteroatoms. The van der Waals surface area contributed by atoms with Gasteiger partial charge >= 0.3 is 5.97 Å². The smallest absolute Gasteiger partial charge is 0.306 e. The van der Waals surface area contributed by atoms with E-state index in [1.807, 2.05) is 13.8 Å². The Morgan fingerprint density at radius 3 is 1.78 bits per heavy atom. The van der Waals surface area contributed by atoms with E-state index in [1.54, 1.807) is 0 Å². The molecule has 0 heterocycles. The fourth-order valence-corrected chi connectivity index (χ4v) is 2.66. The number of unbranched alkanes of at least 4 members (excludes halogenated alkanes) is 11. The third-order valence-corrected chi connectivity index (χ3v) is 4.01. The van der Waals surface area contributed by atoms with Gasteiger partial charge in [-0.15, -0.1) is 0 Å². The van der Waals surface area contributed by atoms with Crippen LogP contribution in [0, 0.1) is 0 Å². The molecule has 0 N–H and O–H groups in total. The van der Waals surface area contributed by atoms with Crippen LogP contribution in [0.3, 0.4) is 0 Å². The molecule has 0 atom stereocenters. The first-order chi connectivity index (χ1) is 11.2. The van der Waals surface area contributed by atoms with Crippen molar-refractivity contribution in [2.45, 2.75) is 117 Å². The van der Waals surface area contributed by atoms with Gasteiger partial charge in [-0.3, -0.25) is 4.79 Å². The molecular weight excluding hydrogens is 284 g/mol. The van der Waals surface area contributed by atoms with Crippen LogP contribution in [0.5, 0.6) is 0 Å². The summed E-state index contributed by atoms with van der Waals surface area (Å²) < 4.78 is 5.12. The number of carbonyl (C=O) groups is 1. The van der Waals surface area contributed by atoms with Crippen LogP contribution >= 0.6 is 0 Å². The van der Waals surface area contributed by atoms with Crippen molar-refractivity contribution < 1.29 is 9.53 Å². The van der Waals surface area contributed by atoms with Crippen molar-refractivity contribution >= 4 is 5.97 Å². The molecular formula is C21H40O2. The highest BCUT2D eigenvalue weighted by molar-refractivity contribution is 5.69. The Morgan fingerprint density at radius 1 is 0.783 bits per heavy atom. The molecule has 0 radical (unpaired) electrons. The number of carbonyl (C=O) groups excluding carboxylic acids is 1. The van der Waals surface area contributed by atoms with E-state index >= 15 is 0 Å². The van der Waals surface area contributed by atoms with Gasteiger partial charge < -0.3 is 4.74 Å². The molecule has 0 aliphatic rings. The van der Waals surface area contributed by atoms with Gasteiger partial charge in [-0.05, 0) is 46.0 Å². The Morgan fingerprint density at radius 2 is 1.26 bits per heavy atom. The average Bonchev–Trinajstić information content (AvgIpc) is 2.50. The first-order valence-corrected chi connectivity index (χ1v) is 10.0. The van der Waals surface area contributed by atoms with Crippen LogP contribution in [0.1, 0.15) is 111 Å². The van der Waals surface area contributed by atoms with E-state index in [1.165, 1.54) is 70.6 Å². The number of rotatable bonds is 16. The molecule has 0 rings (SSSR count). The Bertz CT molecular complexity index is 282. The monoisotopic (exact) mass is 324 g/mol. The Balaban J connectivity index is 3.18. The maximum absolute atomic E-state index is 11.4. The topological polar surface area (TPSA) is 26.3 Å². The number of allylic oxidation sites excluding steroid dienone is 2. The highest BCUT2D eigenvalue weighted by Crippen LogP contribution is 2.10. The van der Waals surface area contributed by atoms with Crippen molar-refractivity contribution in [1.29, 1.82) is 0 Å². The van der Waals surface area contributed by atoms with Gasteiger partial charge in [0.05, 0.1) is 6.10 Å². The summed E-state index contributed by atoms with van der Waals surface area (Å²) >= 11 is 0. The molecule has 0 amide bonds. The lowest BCUT2D eigenvalue weighted by Crippen LogP contribution is -2.10. The molecule has 0 saturated carbocycles. The van der Waals surface area contributed by atoms with Crippen LogP contribution in [0.15, 0.2) is 12.2 Å². The second-order valence-electron chi connectivity index (χ2n) is 6.87. The van der Waals surface area contributed by atoms with E-state index in [2.05, 4.69) is 19.1 Å². The summed E-state index contributed by atoms with van der Waals surface area (Å²) in [5.41, 5.74) is 0. The molecule has 0 unspecified atom stereocenters. The first-order valence-electron chi connectivity index (χ1n) is 10.0. The lowest BCUT2D eigenvalue weighted by molar-refractivity contribution is -0.147. The van der Waals surface area contributed by atoms with Gasteiger partial charge in [0.2, 0.25) is 0 Å². The van der Waals surface area contributed by atoms with Gasteiger partial charge in [0.1, 0.15) is 0 Å². The lowest BCUT2D eigenvalue weighted by atomic mass is 10.1. The SMILES string of the molecule is CCCCCCCC/C=C/CCCCCCCC(=O)OC(C)C. The van der Waals surface area contributed by atoms with Gasteiger partial charge in [0.25, 0.3) is 0 Å². The van der Waals surface area contributed by atoms with Crippen molar-refractivity contribution in [3.8, 4) is 0 Å². The van der Waals surface area contributed by atoms with E-state index in [-0.39, 0.29) is 12.1 Å². The molecule has 0 bridgehead atoms. The second kappa shape index (κ2) is 17.6. The van der Waals surface area contributed by atoms with Crippen molar-refractivity contribution in [3.05, 3.63) is 12.2 Å². The molecule has 0 aromatic carbocycles. The minimum Gasteiger partial charge on any atom is -0.463 e. The molecule has 23 heavy (non-hydrogen) atoms. The minimum atomic E-state index is -0.0439. The molecule has 0 aliphatic heterocycles. The fourth-order valence-electron chi connectivity index (χ4n) is 2.66. The average molecular weight is 325 g/mol. The quantitative estimate of drug-likeness (QED) is 0.174. The molecule has 2 nitrogen and oxygen atoms in total. The van der Waals surface area contributed by atoms with E-state index < -0.39 is 0 Å². The third-order valence-electron chi connectivity index (χ3n) is 4.01. The summed E-state index contributed by atoms with van der Waals surface area (Å²) in [4.78, 5) is 11.4. The third kappa shape index (κ3) is 19.2. The largest absolute Gasteiger partial charge is 0.463 e. The molecule has 0 aliphatic carbocycles. The number of ether oxygens (including phenoxy) is 1. The van der Waals surface area contributed by atoms with Crippen LogP contribution in [0.25, 0.3) is 0 Å². The van der Waals surface area contributed by atoms with E-state index in [9.17, 15) is 4.79 Å². The Labute approximate surface area is 145 Å². The fraction of sp³-hybridized carbons (Fsp3) is 0.857. The standard InChI is InChI=1S/C21H40O2/c1-4-5-6-7-8-9-10-11-12-13-14-15-16-17-18-19-21(22)23-20(2)3/h11-12,20H,4-10,13-19H2,1-3H3/b12-11+. The first kappa shape index (κ1) is 22.2. The van der Waals surface area contributed by atoms with Gasteiger partial charge in [-0.25, -0.2) is 0 Å². The summed E-state index contributed by atoms with van der Waals surface area (Å²) in [6, 6.07) is 0. The van der Waals surface area contributed by atoms with Crippen LogP contribution in [0.4, 0.5) is 0 Å². The normalized spacial score (nSPS) is 11.5. The summed E-state index contributed by atoms with van der Waals surface area (Å²) in [7, 11) is 0. The predicted octanol–water partition coefficient (Wildman–Crippen LogP) is 6.98. The van der Waals surface area contributed by atoms with Gasteiger partial charge in [0, 0.05) is 6.42 Å². The van der Waals surface area contributed by atoms with Crippen LogP contribution < -0.4 is 0 Å². The van der Waals surface area contributed by atoms with E-state index in [0.717, 1.165) is 12.8 Å². The number of esters is 1. The van der Waals surface area contributed by atoms with Crippen molar-refractivity contribution in [1.82, 2.24) is 0 Å². The van der Waals surface area contributed by atoms with Crippen molar-refractivity contribution in [2.75, 3.05) is 0 Å². The highest BCUT2D eigenvalue weighted by Gasteiger charge is 2.04. The number of hydrogen-bond acceptors (Lipinski definition) is 2. The molecule has 136 valence electrons. The summed E-state index contributed by atoms with van der Waals surface area (Å²) in [6.07, 6.45) is 22.0. The maximum Gasteiger partial charge on any atom is 0.306 e. The zero-order valence-corrected chi connectivity index (χ0v) is 15.9. The van der Waals surface area contributed by atoms with E-state index in [4.69, 9.17) is 4.74 Å². The van der Waals surface area contributed by atoms with Crippen molar-refractivity contribution in [3.63, 3.8) is 0 Å². The lowest BCUT2D eigenvalue weighted by Gasteiger charge is -2.07. The highest BCUT2D eigenvalue weighted by atomic mass is 16.5. The van der Waals surface area contributed by atoms with Gasteiger partial charge in [-0.2, -0.15) is 0 Å². The zero-order valence-electron chi connectivity index (χ0n) is 15.9. The van der Waals surface area contributed by atoms with Crippen LogP contribution in [-0.2, 0) is 9.53 Å². The summed E-state index contributed by atoms with van der Waals surface area (Å²) in [6.45, 7) is 6.07. The van der Waals surface area contributed by atoms with Gasteiger partial charge in [-0.1, -0.05) is 70.4 Å². The predicted molar refractivity (Wildman–Crippen MR) is 101 cm³/mol. The second-order valence-corrected chi connectivity index (χ2v) is 6.87. The summed E-state index contributed by atoms with van der Waals surface area (Å²) in [5.74, 6) is -0.0439. The number of hydrogen-bond donors (Lipinski definition) is 0. The Hall–Kier alpha value is -0.790. The summed E-state index contributed by atoms with van der Waals surface area (Å²) in [5, 5.41) is 0. The van der Waals surface area contributed by atoms with Crippen LogP contribution in [-0.4, -0.2) is 12.1 Å². The molecule has 0 aromatic rings. The zero-order chi connectivity index (χ0) is 17.2. The maximum atomic E-state index is 11.4. The van der Waals surface area contributed by atoms with Gasteiger partial charge in [0.15, 0.2) is 0 Å². The Kier molecular flexibility index (Phi) is 17.0. The molecule has 0 fully saturated rings. The molecule has 0 spiro atoms. The minimum absolute atomic E-state index is 0.0191. The van der Waals surface area contributed by atoms with E-state index in [0.29, 0.717) is 6.42 Å². The van der Waals surface area contributed by atoms with Crippen LogP contribution in [0.2, 0.25) is 0 Å². The molecule has 0 aromatic heterocycles. The van der Waals surface area contributed by atoms with Crippen molar-refractivity contribution in [2.24, 2.45) is 0 Å².